The van der Waals surface area contributed by atoms with Gasteiger partial charge in [-0.05, 0) is 23.8 Å². The van der Waals surface area contributed by atoms with E-state index in [1.165, 1.54) is 11.3 Å². The number of thiazole rings is 1. The van der Waals surface area contributed by atoms with E-state index in [1.807, 2.05) is 40.3 Å². The molecule has 3 aromatic rings. The van der Waals surface area contributed by atoms with E-state index in [1.54, 1.807) is 18.2 Å². The lowest BCUT2D eigenvalue weighted by atomic mass is 10.1. The molecular formula is C15H11Cl3N2S. The minimum absolute atomic E-state index is 0. The Bertz CT molecular complexity index is 809. The first-order chi connectivity index (χ1) is 9.66. The van der Waals surface area contributed by atoms with Gasteiger partial charge in [0.25, 0.3) is 0 Å². The molecule has 0 aliphatic rings. The van der Waals surface area contributed by atoms with Gasteiger partial charge in [-0.25, -0.2) is 0 Å². The van der Waals surface area contributed by atoms with Crippen molar-refractivity contribution in [1.29, 1.82) is 5.41 Å². The lowest BCUT2D eigenvalue weighted by Gasteiger charge is -2.11. The van der Waals surface area contributed by atoms with E-state index < -0.39 is 0 Å². The van der Waals surface area contributed by atoms with Gasteiger partial charge in [-0.2, -0.15) is 0 Å². The number of hydrogen-bond donors (Lipinski definition) is 1. The summed E-state index contributed by atoms with van der Waals surface area (Å²) in [5.41, 5.74) is 2.70. The zero-order chi connectivity index (χ0) is 14.1. The third-order valence-electron chi connectivity index (χ3n) is 2.94. The third-order valence-corrected chi connectivity index (χ3v) is 4.25. The van der Waals surface area contributed by atoms with Crippen molar-refractivity contribution in [3.8, 4) is 16.9 Å². The molecule has 0 bridgehead atoms. The Hall–Kier alpha value is -1.26. The van der Waals surface area contributed by atoms with Crippen LogP contribution in [0.3, 0.4) is 0 Å². The van der Waals surface area contributed by atoms with Crippen molar-refractivity contribution in [2.24, 2.45) is 0 Å². The van der Waals surface area contributed by atoms with Crippen LogP contribution in [0.2, 0.25) is 10.0 Å². The number of rotatable bonds is 2. The fourth-order valence-corrected chi connectivity index (χ4v) is 3.16. The summed E-state index contributed by atoms with van der Waals surface area (Å²) in [6.45, 7) is 0. The monoisotopic (exact) mass is 356 g/mol. The van der Waals surface area contributed by atoms with Crippen LogP contribution in [0.1, 0.15) is 0 Å². The van der Waals surface area contributed by atoms with Crippen LogP contribution >= 0.6 is 46.9 Å². The fourth-order valence-electron chi connectivity index (χ4n) is 2.03. The number of hydrogen-bond acceptors (Lipinski definition) is 2. The minimum Gasteiger partial charge on any atom is -0.284 e. The molecule has 2 aromatic carbocycles. The van der Waals surface area contributed by atoms with Crippen molar-refractivity contribution >= 4 is 46.9 Å². The molecule has 1 heterocycles. The largest absolute Gasteiger partial charge is 0.284 e. The maximum Gasteiger partial charge on any atom is 0.187 e. The molecule has 3 rings (SSSR count). The predicted molar refractivity (Wildman–Crippen MR) is 92.2 cm³/mol. The Kier molecular flexibility index (Phi) is 5.12. The van der Waals surface area contributed by atoms with E-state index in [0.29, 0.717) is 14.8 Å². The van der Waals surface area contributed by atoms with Crippen LogP contribution in [0, 0.1) is 5.41 Å². The van der Waals surface area contributed by atoms with Gasteiger partial charge in [0.05, 0.1) is 16.4 Å². The zero-order valence-electron chi connectivity index (χ0n) is 10.7. The van der Waals surface area contributed by atoms with Gasteiger partial charge in [0.2, 0.25) is 0 Å². The Morgan fingerprint density at radius 2 is 1.71 bits per heavy atom. The molecule has 0 fully saturated rings. The van der Waals surface area contributed by atoms with Crippen LogP contribution in [-0.4, -0.2) is 4.57 Å². The Labute approximate surface area is 142 Å². The van der Waals surface area contributed by atoms with E-state index in [9.17, 15) is 0 Å². The molecule has 0 unspecified atom stereocenters. The second kappa shape index (κ2) is 6.67. The van der Waals surface area contributed by atoms with Gasteiger partial charge >= 0.3 is 0 Å². The summed E-state index contributed by atoms with van der Waals surface area (Å²) in [7, 11) is 0. The fraction of sp³-hybridized carbons (Fsp3) is 0. The molecule has 0 aliphatic heterocycles. The summed E-state index contributed by atoms with van der Waals surface area (Å²) in [6, 6.07) is 15.2. The summed E-state index contributed by atoms with van der Waals surface area (Å²) in [4.78, 5) is 0.410. The lowest BCUT2D eigenvalue weighted by Crippen LogP contribution is -2.12. The second-order valence-electron chi connectivity index (χ2n) is 4.22. The van der Waals surface area contributed by atoms with Crippen LogP contribution in [0.4, 0.5) is 0 Å². The van der Waals surface area contributed by atoms with E-state index in [4.69, 9.17) is 28.6 Å². The molecule has 1 N–H and O–H groups in total. The Morgan fingerprint density at radius 3 is 2.43 bits per heavy atom. The van der Waals surface area contributed by atoms with Crippen molar-refractivity contribution in [1.82, 2.24) is 4.57 Å². The first-order valence-electron chi connectivity index (χ1n) is 5.93. The van der Waals surface area contributed by atoms with Gasteiger partial charge in [-0.3, -0.25) is 9.98 Å². The van der Waals surface area contributed by atoms with Crippen LogP contribution in [0.15, 0.2) is 53.9 Å². The molecule has 0 saturated carbocycles. The molecule has 1 aromatic heterocycles. The molecule has 0 spiro atoms. The van der Waals surface area contributed by atoms with Crippen molar-refractivity contribution in [3.63, 3.8) is 0 Å². The van der Waals surface area contributed by atoms with Crippen LogP contribution in [-0.2, 0) is 0 Å². The van der Waals surface area contributed by atoms with Gasteiger partial charge in [0, 0.05) is 10.4 Å². The van der Waals surface area contributed by atoms with Crippen molar-refractivity contribution in [2.45, 2.75) is 0 Å². The number of halogens is 3. The number of nitrogens with zero attached hydrogens (tertiary/aromatic N) is 1. The van der Waals surface area contributed by atoms with Gasteiger partial charge < -0.3 is 0 Å². The molecule has 21 heavy (non-hydrogen) atoms. The van der Waals surface area contributed by atoms with Gasteiger partial charge in [0.15, 0.2) is 4.80 Å². The molecular weight excluding hydrogens is 347 g/mol. The van der Waals surface area contributed by atoms with Crippen molar-refractivity contribution in [2.75, 3.05) is 0 Å². The number of nitrogens with one attached hydrogen (secondary N) is 1. The molecule has 0 saturated heterocycles. The van der Waals surface area contributed by atoms with E-state index in [2.05, 4.69) is 0 Å². The standard InChI is InChI=1S/C15H10Cl2N2S.ClH/c16-11-6-7-12(17)13(8-11)19-14(9-20-15(19)18)10-4-2-1-3-5-10;/h1-9,18H;1H. The minimum atomic E-state index is 0. The average molecular weight is 358 g/mol. The van der Waals surface area contributed by atoms with E-state index in [-0.39, 0.29) is 12.4 Å². The summed E-state index contributed by atoms with van der Waals surface area (Å²) in [5, 5.41) is 11.2. The summed E-state index contributed by atoms with van der Waals surface area (Å²) >= 11 is 13.7. The van der Waals surface area contributed by atoms with Crippen LogP contribution < -0.4 is 4.80 Å². The SMILES string of the molecule is Cl.N=c1scc(-c2ccccc2)n1-c1cc(Cl)ccc1Cl. The molecule has 0 amide bonds. The first kappa shape index (κ1) is 16.1. The zero-order valence-corrected chi connectivity index (χ0v) is 13.9. The highest BCUT2D eigenvalue weighted by Gasteiger charge is 2.12. The molecule has 108 valence electrons. The topological polar surface area (TPSA) is 28.8 Å². The molecule has 2 nitrogen and oxygen atoms in total. The second-order valence-corrected chi connectivity index (χ2v) is 5.93. The Balaban J connectivity index is 0.00000161. The molecule has 6 heteroatoms. The molecule has 0 aliphatic carbocycles. The van der Waals surface area contributed by atoms with Crippen LogP contribution in [0.25, 0.3) is 16.9 Å². The summed E-state index contributed by atoms with van der Waals surface area (Å²) in [5.74, 6) is 0. The highest BCUT2D eigenvalue weighted by molar-refractivity contribution is 7.07. The first-order valence-corrected chi connectivity index (χ1v) is 7.56. The summed E-state index contributed by atoms with van der Waals surface area (Å²) < 4.78 is 1.81. The Morgan fingerprint density at radius 1 is 1.00 bits per heavy atom. The predicted octanol–water partition coefficient (Wildman–Crippen LogP) is 5.41. The van der Waals surface area contributed by atoms with Gasteiger partial charge in [-0.15, -0.1) is 23.7 Å². The quantitative estimate of drug-likeness (QED) is 0.635. The smallest absolute Gasteiger partial charge is 0.187 e. The average Bonchev–Trinajstić information content (AvgIpc) is 2.84. The number of benzene rings is 2. The number of aromatic nitrogens is 1. The van der Waals surface area contributed by atoms with Gasteiger partial charge in [0.1, 0.15) is 0 Å². The lowest BCUT2D eigenvalue weighted by molar-refractivity contribution is 0.987. The highest BCUT2D eigenvalue weighted by Crippen LogP contribution is 2.29. The molecule has 0 atom stereocenters. The van der Waals surface area contributed by atoms with Crippen LogP contribution in [0.5, 0.6) is 0 Å². The van der Waals surface area contributed by atoms with Crippen molar-refractivity contribution in [3.05, 3.63) is 68.8 Å². The molecule has 0 radical (unpaired) electrons. The maximum absolute atomic E-state index is 8.13. The van der Waals surface area contributed by atoms with Gasteiger partial charge in [-0.1, -0.05) is 53.5 Å². The van der Waals surface area contributed by atoms with Crippen molar-refractivity contribution < 1.29 is 0 Å². The highest BCUT2D eigenvalue weighted by atomic mass is 35.5. The van der Waals surface area contributed by atoms with E-state index >= 15 is 0 Å². The van der Waals surface area contributed by atoms with E-state index in [0.717, 1.165) is 16.9 Å². The third kappa shape index (κ3) is 3.16. The normalized spacial score (nSPS) is 10.2. The summed E-state index contributed by atoms with van der Waals surface area (Å²) in [6.07, 6.45) is 0. The maximum atomic E-state index is 8.13.